The minimum Gasteiger partial charge on any atom is -0.497 e. The number of methoxy groups -OCH3 is 1. The number of ether oxygens (including phenoxy) is 3. The Morgan fingerprint density at radius 3 is 2.66 bits per heavy atom. The van der Waals surface area contributed by atoms with Crippen molar-refractivity contribution in [2.45, 2.75) is 25.8 Å². The number of rotatable bonds is 5. The number of aryl methyl sites for hydroxylation is 1. The molecule has 2 aliphatic rings. The molecule has 2 aromatic carbocycles. The predicted molar refractivity (Wildman–Crippen MR) is 133 cm³/mol. The molecule has 9 nitrogen and oxygen atoms in total. The van der Waals surface area contributed by atoms with Crippen LogP contribution in [0.4, 0.5) is 5.13 Å². The number of anilines is 1. The number of thiazole rings is 1. The zero-order valence-electron chi connectivity index (χ0n) is 19.5. The Bertz CT molecular complexity index is 1390. The van der Waals surface area contributed by atoms with E-state index in [4.69, 9.17) is 24.3 Å². The molecule has 4 heterocycles. The third-order valence-electron chi connectivity index (χ3n) is 6.43. The lowest BCUT2D eigenvalue weighted by atomic mass is 10.0. The Labute approximate surface area is 206 Å². The maximum Gasteiger partial charge on any atom is 0.251 e. The smallest absolute Gasteiger partial charge is 0.251 e. The number of nitrogens with one attached hydrogen (secondary N) is 1. The fraction of sp³-hybridized carbons (Fsp3) is 0.320. The number of hydrogen-bond acceptors (Lipinski definition) is 8. The lowest BCUT2D eigenvalue weighted by molar-refractivity contribution is 0.0930. The number of aromatic nitrogens is 3. The van der Waals surface area contributed by atoms with Crippen LogP contribution in [-0.4, -0.2) is 53.7 Å². The van der Waals surface area contributed by atoms with Crippen LogP contribution in [0.3, 0.4) is 0 Å². The minimum atomic E-state index is -0.0862. The van der Waals surface area contributed by atoms with Gasteiger partial charge in [0.2, 0.25) is 6.79 Å². The van der Waals surface area contributed by atoms with E-state index >= 15 is 0 Å². The van der Waals surface area contributed by atoms with Crippen molar-refractivity contribution in [1.82, 2.24) is 20.1 Å². The van der Waals surface area contributed by atoms with E-state index in [0.29, 0.717) is 17.1 Å². The molecule has 180 valence electrons. The van der Waals surface area contributed by atoms with Gasteiger partial charge in [0, 0.05) is 24.7 Å². The molecule has 0 radical (unpaired) electrons. The van der Waals surface area contributed by atoms with Crippen molar-refractivity contribution in [3.05, 3.63) is 53.7 Å². The van der Waals surface area contributed by atoms with Gasteiger partial charge in [-0.3, -0.25) is 4.79 Å². The van der Waals surface area contributed by atoms with E-state index in [2.05, 4.69) is 10.2 Å². The highest BCUT2D eigenvalue weighted by Gasteiger charge is 2.25. The average Bonchev–Trinajstić information content (AvgIpc) is 3.61. The highest BCUT2D eigenvalue weighted by Crippen LogP contribution is 2.35. The van der Waals surface area contributed by atoms with Gasteiger partial charge in [-0.25, -0.2) is 4.68 Å². The van der Waals surface area contributed by atoms with E-state index < -0.39 is 0 Å². The van der Waals surface area contributed by atoms with Crippen molar-refractivity contribution in [2.75, 3.05) is 31.9 Å². The maximum absolute atomic E-state index is 12.7. The quantitative estimate of drug-likeness (QED) is 0.452. The molecule has 0 bridgehead atoms. The number of amides is 1. The first-order valence-electron chi connectivity index (χ1n) is 11.5. The van der Waals surface area contributed by atoms with E-state index in [-0.39, 0.29) is 18.7 Å². The van der Waals surface area contributed by atoms with Crippen LogP contribution in [0.5, 0.6) is 17.2 Å². The van der Waals surface area contributed by atoms with Gasteiger partial charge >= 0.3 is 0 Å². The number of carbonyl (C=O) groups excluding carboxylic acids is 1. The largest absolute Gasteiger partial charge is 0.497 e. The van der Waals surface area contributed by atoms with Crippen molar-refractivity contribution in [3.63, 3.8) is 0 Å². The molecule has 10 heteroatoms. The van der Waals surface area contributed by atoms with Gasteiger partial charge in [0.15, 0.2) is 22.3 Å². The number of carbonyl (C=O) groups is 1. The molecule has 1 N–H and O–H groups in total. The fourth-order valence-electron chi connectivity index (χ4n) is 4.48. The summed E-state index contributed by atoms with van der Waals surface area (Å²) >= 11 is 1.67. The van der Waals surface area contributed by atoms with Gasteiger partial charge in [0.25, 0.3) is 5.91 Å². The normalized spacial score (nSPS) is 15.5. The Balaban J connectivity index is 1.13. The second-order valence-electron chi connectivity index (χ2n) is 8.65. The Morgan fingerprint density at radius 2 is 1.89 bits per heavy atom. The second kappa shape index (κ2) is 8.77. The summed E-state index contributed by atoms with van der Waals surface area (Å²) in [6, 6.07) is 13.2. The maximum atomic E-state index is 12.7. The summed E-state index contributed by atoms with van der Waals surface area (Å²) in [4.78, 5) is 20.0. The summed E-state index contributed by atoms with van der Waals surface area (Å²) in [6.07, 6.45) is 1.71. The average molecular weight is 492 g/mol. The summed E-state index contributed by atoms with van der Waals surface area (Å²) in [7, 11) is 1.66. The predicted octanol–water partition coefficient (Wildman–Crippen LogP) is 3.93. The monoisotopic (exact) mass is 491 g/mol. The summed E-state index contributed by atoms with van der Waals surface area (Å²) in [5.41, 5.74) is 3.36. The second-order valence-corrected chi connectivity index (χ2v) is 9.62. The molecule has 35 heavy (non-hydrogen) atoms. The number of benzene rings is 2. The fourth-order valence-corrected chi connectivity index (χ4v) is 5.52. The first-order valence-corrected chi connectivity index (χ1v) is 12.4. The highest BCUT2D eigenvalue weighted by molar-refractivity contribution is 7.22. The molecule has 6 rings (SSSR count). The molecule has 1 fully saturated rings. The zero-order chi connectivity index (χ0) is 23.9. The van der Waals surface area contributed by atoms with E-state index in [1.165, 1.54) is 0 Å². The van der Waals surface area contributed by atoms with Crippen LogP contribution < -0.4 is 24.4 Å². The van der Waals surface area contributed by atoms with Crippen LogP contribution in [0.1, 0.15) is 28.9 Å². The van der Waals surface area contributed by atoms with Crippen LogP contribution in [0.25, 0.3) is 16.0 Å². The molecule has 0 saturated carbocycles. The first-order chi connectivity index (χ1) is 17.1. The molecule has 4 aromatic rings. The summed E-state index contributed by atoms with van der Waals surface area (Å²) in [5.74, 6) is 2.01. The van der Waals surface area contributed by atoms with Crippen LogP contribution >= 0.6 is 11.3 Å². The van der Waals surface area contributed by atoms with Crippen LogP contribution in [0.2, 0.25) is 0 Å². The van der Waals surface area contributed by atoms with Gasteiger partial charge < -0.3 is 24.4 Å². The number of piperidine rings is 1. The zero-order valence-corrected chi connectivity index (χ0v) is 20.3. The van der Waals surface area contributed by atoms with Gasteiger partial charge in [-0.15, -0.1) is 0 Å². The van der Waals surface area contributed by atoms with Gasteiger partial charge in [0.1, 0.15) is 5.75 Å². The summed E-state index contributed by atoms with van der Waals surface area (Å²) < 4.78 is 19.0. The molecule has 0 aliphatic carbocycles. The third kappa shape index (κ3) is 4.03. The van der Waals surface area contributed by atoms with Crippen molar-refractivity contribution in [3.8, 4) is 22.9 Å². The molecule has 2 aromatic heterocycles. The molecular weight excluding hydrogens is 466 g/mol. The van der Waals surface area contributed by atoms with Crippen molar-refractivity contribution in [2.24, 2.45) is 0 Å². The van der Waals surface area contributed by atoms with Gasteiger partial charge in [-0.1, -0.05) is 11.3 Å². The van der Waals surface area contributed by atoms with Gasteiger partial charge in [-0.05, 0) is 62.2 Å². The highest BCUT2D eigenvalue weighted by atomic mass is 32.1. The molecule has 2 aliphatic heterocycles. The van der Waals surface area contributed by atoms with E-state index in [1.54, 1.807) is 36.6 Å². The van der Waals surface area contributed by atoms with Crippen molar-refractivity contribution in [1.29, 1.82) is 0 Å². The molecule has 1 saturated heterocycles. The lowest BCUT2D eigenvalue weighted by Crippen LogP contribution is -2.44. The number of nitrogens with zero attached hydrogens (tertiary/aromatic N) is 4. The number of hydrogen-bond donors (Lipinski definition) is 1. The molecule has 0 atom stereocenters. The van der Waals surface area contributed by atoms with E-state index in [9.17, 15) is 4.79 Å². The van der Waals surface area contributed by atoms with E-state index in [0.717, 1.165) is 58.5 Å². The van der Waals surface area contributed by atoms with Crippen LogP contribution in [0, 0.1) is 6.92 Å². The van der Waals surface area contributed by atoms with Crippen LogP contribution in [0.15, 0.2) is 42.5 Å². The van der Waals surface area contributed by atoms with Crippen molar-refractivity contribution >= 4 is 32.7 Å². The molecule has 1 amide bonds. The molecule has 0 unspecified atom stereocenters. The summed E-state index contributed by atoms with van der Waals surface area (Å²) in [5, 5.41) is 8.85. The first kappa shape index (κ1) is 21.7. The Morgan fingerprint density at radius 1 is 1.11 bits per heavy atom. The Kier molecular flexibility index (Phi) is 5.44. The van der Waals surface area contributed by atoms with Gasteiger partial charge in [-0.2, -0.15) is 10.1 Å². The SMILES string of the molecule is COc1ccc(-n2nc(C)c3sc(N4CCC(NC(=O)c5ccc6c(c5)OCO6)CC4)nc32)cc1. The number of fused-ring (bicyclic) bond motifs is 2. The Hall–Kier alpha value is -3.79. The lowest BCUT2D eigenvalue weighted by Gasteiger charge is -2.32. The molecule has 0 spiro atoms. The van der Waals surface area contributed by atoms with Gasteiger partial charge in [0.05, 0.1) is 23.2 Å². The molecular formula is C25H25N5O4S. The van der Waals surface area contributed by atoms with Crippen molar-refractivity contribution < 1.29 is 19.0 Å². The standard InChI is InChI=1S/C25H25N5O4S/c1-15-22-23(30(28-15)18-4-6-19(32-2)7-5-18)27-25(35-22)29-11-9-17(10-12-29)26-24(31)16-3-8-20-21(13-16)34-14-33-20/h3-8,13,17H,9-12,14H2,1-2H3,(H,26,31). The summed E-state index contributed by atoms with van der Waals surface area (Å²) in [6.45, 7) is 3.87. The van der Waals surface area contributed by atoms with Crippen LogP contribution in [-0.2, 0) is 0 Å². The minimum absolute atomic E-state index is 0.0862. The van der Waals surface area contributed by atoms with E-state index in [1.807, 2.05) is 35.9 Å². The topological polar surface area (TPSA) is 90.7 Å². The third-order valence-corrected chi connectivity index (χ3v) is 7.64.